The molecular weight excluding hydrogens is 250 g/mol. The number of H-pyrrole nitrogens is 1. The summed E-state index contributed by atoms with van der Waals surface area (Å²) in [7, 11) is -3.13. The molecule has 0 radical (unpaired) electrons. The van der Waals surface area contributed by atoms with Gasteiger partial charge < -0.3 is 0 Å². The average Bonchev–Trinajstić information content (AvgIpc) is 2.86. The summed E-state index contributed by atoms with van der Waals surface area (Å²) in [6, 6.07) is -0.0275. The van der Waals surface area contributed by atoms with Gasteiger partial charge in [0.2, 0.25) is 10.0 Å². The van der Waals surface area contributed by atoms with Crippen molar-refractivity contribution in [1.29, 1.82) is 0 Å². The van der Waals surface area contributed by atoms with Crippen molar-refractivity contribution in [1.82, 2.24) is 14.5 Å². The first-order valence-electron chi connectivity index (χ1n) is 6.48. The Bertz CT molecular complexity index is 502. The summed E-state index contributed by atoms with van der Waals surface area (Å²) in [5.41, 5.74) is 2.96. The number of aromatic nitrogens is 2. The standard InChI is InChI=1S/C12H21N3O2S/c1-4-8-18(16,17)15-7-5-6-11(15)12-9(2)13-14-10(12)3/h11H,4-8H2,1-3H3,(H,13,14)/t11-/m0/s1. The highest BCUT2D eigenvalue weighted by Gasteiger charge is 2.36. The van der Waals surface area contributed by atoms with Crippen LogP contribution in [0.5, 0.6) is 0 Å². The molecule has 1 atom stereocenters. The van der Waals surface area contributed by atoms with Gasteiger partial charge in [0.05, 0.1) is 17.5 Å². The summed E-state index contributed by atoms with van der Waals surface area (Å²) >= 11 is 0. The highest BCUT2D eigenvalue weighted by Crippen LogP contribution is 2.36. The van der Waals surface area contributed by atoms with Crippen LogP contribution in [-0.4, -0.2) is 35.2 Å². The van der Waals surface area contributed by atoms with Crippen LogP contribution in [0.15, 0.2) is 0 Å². The highest BCUT2D eigenvalue weighted by atomic mass is 32.2. The Kier molecular flexibility index (Phi) is 3.77. The maximum Gasteiger partial charge on any atom is 0.214 e. The molecule has 0 aliphatic carbocycles. The molecule has 2 heterocycles. The number of aromatic amines is 1. The van der Waals surface area contributed by atoms with E-state index in [4.69, 9.17) is 0 Å². The fourth-order valence-corrected chi connectivity index (χ4v) is 4.54. The molecule has 1 aliphatic rings. The number of rotatable bonds is 4. The summed E-state index contributed by atoms with van der Waals surface area (Å²) < 4.78 is 26.2. The van der Waals surface area contributed by atoms with E-state index in [-0.39, 0.29) is 11.8 Å². The quantitative estimate of drug-likeness (QED) is 0.909. The predicted octanol–water partition coefficient (Wildman–Crippen LogP) is 1.90. The second-order valence-electron chi connectivity index (χ2n) is 4.93. The third-order valence-electron chi connectivity index (χ3n) is 3.54. The molecule has 0 unspecified atom stereocenters. The summed E-state index contributed by atoms with van der Waals surface area (Å²) in [4.78, 5) is 0. The van der Waals surface area contributed by atoms with Gasteiger partial charge in [0.15, 0.2) is 0 Å². The molecule has 6 heteroatoms. The number of nitrogens with one attached hydrogen (secondary N) is 1. The lowest BCUT2D eigenvalue weighted by Crippen LogP contribution is -2.32. The lowest BCUT2D eigenvalue weighted by Gasteiger charge is -2.24. The predicted molar refractivity (Wildman–Crippen MR) is 70.8 cm³/mol. The average molecular weight is 271 g/mol. The number of hydrogen-bond donors (Lipinski definition) is 1. The van der Waals surface area contributed by atoms with Gasteiger partial charge in [-0.2, -0.15) is 9.40 Å². The maximum absolute atomic E-state index is 12.3. The Balaban J connectivity index is 2.34. The summed E-state index contributed by atoms with van der Waals surface area (Å²) in [5.74, 6) is 0.236. The van der Waals surface area contributed by atoms with Gasteiger partial charge >= 0.3 is 0 Å². The van der Waals surface area contributed by atoms with Crippen LogP contribution in [0, 0.1) is 13.8 Å². The third kappa shape index (κ3) is 2.31. The molecule has 0 spiro atoms. The molecule has 1 N–H and O–H groups in total. The van der Waals surface area contributed by atoms with Crippen LogP contribution >= 0.6 is 0 Å². The molecule has 18 heavy (non-hydrogen) atoms. The van der Waals surface area contributed by atoms with Gasteiger partial charge in [0, 0.05) is 17.8 Å². The molecule has 2 rings (SSSR count). The monoisotopic (exact) mass is 271 g/mol. The molecule has 1 aromatic rings. The molecule has 1 fully saturated rings. The number of aryl methyl sites for hydroxylation is 2. The molecule has 1 aromatic heterocycles. The molecule has 5 nitrogen and oxygen atoms in total. The number of hydrogen-bond acceptors (Lipinski definition) is 3. The summed E-state index contributed by atoms with van der Waals surface area (Å²) in [6.45, 7) is 6.42. The van der Waals surface area contributed by atoms with E-state index in [0.29, 0.717) is 13.0 Å². The van der Waals surface area contributed by atoms with Gasteiger partial charge in [0.25, 0.3) is 0 Å². The van der Waals surface area contributed by atoms with Crippen molar-refractivity contribution in [3.8, 4) is 0 Å². The highest BCUT2D eigenvalue weighted by molar-refractivity contribution is 7.89. The van der Waals surface area contributed by atoms with Gasteiger partial charge in [-0.25, -0.2) is 8.42 Å². The largest absolute Gasteiger partial charge is 0.282 e. The molecular formula is C12H21N3O2S. The fraction of sp³-hybridized carbons (Fsp3) is 0.750. The minimum Gasteiger partial charge on any atom is -0.282 e. The van der Waals surface area contributed by atoms with Crippen molar-refractivity contribution in [2.75, 3.05) is 12.3 Å². The van der Waals surface area contributed by atoms with Crippen LogP contribution in [0.4, 0.5) is 0 Å². The van der Waals surface area contributed by atoms with Gasteiger partial charge in [-0.1, -0.05) is 6.92 Å². The van der Waals surface area contributed by atoms with E-state index >= 15 is 0 Å². The van der Waals surface area contributed by atoms with Crippen LogP contribution in [0.25, 0.3) is 0 Å². The smallest absolute Gasteiger partial charge is 0.214 e. The molecule has 0 aromatic carbocycles. The number of sulfonamides is 1. The van der Waals surface area contributed by atoms with E-state index in [1.165, 1.54) is 0 Å². The van der Waals surface area contributed by atoms with Crippen LogP contribution in [0.2, 0.25) is 0 Å². The lowest BCUT2D eigenvalue weighted by atomic mass is 10.0. The van der Waals surface area contributed by atoms with Crippen molar-refractivity contribution in [3.05, 3.63) is 17.0 Å². The van der Waals surface area contributed by atoms with Crippen molar-refractivity contribution in [3.63, 3.8) is 0 Å². The van der Waals surface area contributed by atoms with E-state index < -0.39 is 10.0 Å². The topological polar surface area (TPSA) is 66.1 Å². The van der Waals surface area contributed by atoms with E-state index in [1.807, 2.05) is 20.8 Å². The summed E-state index contributed by atoms with van der Waals surface area (Å²) in [5, 5.41) is 7.12. The Morgan fingerprint density at radius 3 is 2.72 bits per heavy atom. The molecule has 1 aliphatic heterocycles. The molecule has 0 saturated carbocycles. The van der Waals surface area contributed by atoms with Crippen LogP contribution in [0.3, 0.4) is 0 Å². The van der Waals surface area contributed by atoms with Gasteiger partial charge in [-0.05, 0) is 33.1 Å². The Hall–Kier alpha value is -0.880. The van der Waals surface area contributed by atoms with Gasteiger partial charge in [0.1, 0.15) is 0 Å². The molecule has 1 saturated heterocycles. The summed E-state index contributed by atoms with van der Waals surface area (Å²) in [6.07, 6.45) is 2.48. The van der Waals surface area contributed by atoms with Crippen molar-refractivity contribution in [2.45, 2.75) is 46.1 Å². The molecule has 0 amide bonds. The normalized spacial score (nSPS) is 21.6. The maximum atomic E-state index is 12.3. The third-order valence-corrected chi connectivity index (χ3v) is 5.62. The van der Waals surface area contributed by atoms with Crippen LogP contribution in [-0.2, 0) is 10.0 Å². The Morgan fingerprint density at radius 1 is 1.44 bits per heavy atom. The van der Waals surface area contributed by atoms with Crippen molar-refractivity contribution >= 4 is 10.0 Å². The van der Waals surface area contributed by atoms with Crippen LogP contribution < -0.4 is 0 Å². The lowest BCUT2D eigenvalue weighted by molar-refractivity contribution is 0.394. The van der Waals surface area contributed by atoms with E-state index in [1.54, 1.807) is 4.31 Å². The zero-order chi connectivity index (χ0) is 13.3. The van der Waals surface area contributed by atoms with Crippen molar-refractivity contribution < 1.29 is 8.42 Å². The van der Waals surface area contributed by atoms with Gasteiger partial charge in [-0.15, -0.1) is 0 Å². The number of nitrogens with zero attached hydrogens (tertiary/aromatic N) is 2. The molecule has 102 valence electrons. The SMILES string of the molecule is CCCS(=O)(=O)N1CCC[C@H]1c1c(C)n[nH]c1C. The minimum absolute atomic E-state index is 0.0275. The first-order chi connectivity index (χ1) is 8.47. The zero-order valence-corrected chi connectivity index (χ0v) is 12.0. The Morgan fingerprint density at radius 2 is 2.17 bits per heavy atom. The Labute approximate surface area is 109 Å². The first-order valence-corrected chi connectivity index (χ1v) is 8.09. The second-order valence-corrected chi connectivity index (χ2v) is 6.97. The fourth-order valence-electron chi connectivity index (χ4n) is 2.79. The van der Waals surface area contributed by atoms with E-state index in [9.17, 15) is 8.42 Å². The zero-order valence-electron chi connectivity index (χ0n) is 11.2. The second kappa shape index (κ2) is 5.01. The van der Waals surface area contributed by atoms with E-state index in [0.717, 1.165) is 29.8 Å². The first kappa shape index (κ1) is 13.5. The van der Waals surface area contributed by atoms with Crippen LogP contribution in [0.1, 0.15) is 49.2 Å². The van der Waals surface area contributed by atoms with Gasteiger partial charge in [-0.3, -0.25) is 5.10 Å². The minimum atomic E-state index is -3.13. The molecule has 0 bridgehead atoms. The van der Waals surface area contributed by atoms with E-state index in [2.05, 4.69) is 10.2 Å². The van der Waals surface area contributed by atoms with Crippen molar-refractivity contribution in [2.24, 2.45) is 0 Å².